The molecule has 0 radical (unpaired) electrons. The van der Waals surface area contributed by atoms with Gasteiger partial charge in [0.1, 0.15) is 0 Å². The lowest BCUT2D eigenvalue weighted by Gasteiger charge is -2.30. The summed E-state index contributed by atoms with van der Waals surface area (Å²) < 4.78 is 0. The molecule has 2 atom stereocenters. The summed E-state index contributed by atoms with van der Waals surface area (Å²) >= 11 is 0. The number of aryl methyl sites for hydroxylation is 1. The van der Waals surface area contributed by atoms with Crippen LogP contribution in [-0.4, -0.2) is 24.4 Å². The van der Waals surface area contributed by atoms with E-state index in [1.54, 1.807) is 0 Å². The molecule has 0 saturated heterocycles. The van der Waals surface area contributed by atoms with Crippen LogP contribution in [0.4, 0.5) is 11.4 Å². The van der Waals surface area contributed by atoms with Gasteiger partial charge in [0, 0.05) is 23.8 Å². The molecule has 1 unspecified atom stereocenters. The van der Waals surface area contributed by atoms with Crippen LogP contribution in [-0.2, 0) is 16.0 Å². The monoisotopic (exact) mass is 329 g/mol. The predicted molar refractivity (Wildman–Crippen MR) is 95.9 cm³/mol. The number of nitrogens with two attached hydrogens (primary N) is 1. The van der Waals surface area contributed by atoms with E-state index in [4.69, 9.17) is 5.73 Å². The zero-order valence-corrected chi connectivity index (χ0v) is 14.5. The van der Waals surface area contributed by atoms with E-state index in [1.165, 1.54) is 5.56 Å². The molecule has 0 spiro atoms. The van der Waals surface area contributed by atoms with Crippen molar-refractivity contribution in [3.05, 3.63) is 23.8 Å². The molecule has 24 heavy (non-hydrogen) atoms. The minimum Gasteiger partial charge on any atom is -0.325 e. The summed E-state index contributed by atoms with van der Waals surface area (Å²) in [7, 11) is 0. The van der Waals surface area contributed by atoms with Gasteiger partial charge in [0.05, 0.1) is 6.04 Å². The van der Waals surface area contributed by atoms with Crippen LogP contribution in [0.3, 0.4) is 0 Å². The van der Waals surface area contributed by atoms with E-state index in [-0.39, 0.29) is 23.7 Å². The average molecular weight is 329 g/mol. The standard InChI is InChI=1S/C19H27N3O2/c1-3-12(2)17(20)18(23)21-15-9-8-13-5-4-10-22(16(13)11-15)19(24)14-6-7-14/h8-9,11-12,14,17H,3-7,10,20H2,1-2H3,(H,21,23)/t12?,17-/m1/s1. The zero-order valence-electron chi connectivity index (χ0n) is 14.5. The first-order valence-corrected chi connectivity index (χ1v) is 9.02. The van der Waals surface area contributed by atoms with Crippen molar-refractivity contribution >= 4 is 23.2 Å². The van der Waals surface area contributed by atoms with Crippen LogP contribution in [0.5, 0.6) is 0 Å². The Labute approximate surface area is 143 Å². The Kier molecular flexibility index (Phi) is 4.90. The Morgan fingerprint density at radius 2 is 2.12 bits per heavy atom. The number of hydrogen-bond acceptors (Lipinski definition) is 3. The van der Waals surface area contributed by atoms with Gasteiger partial charge in [-0.25, -0.2) is 0 Å². The lowest BCUT2D eigenvalue weighted by atomic mass is 9.98. The van der Waals surface area contributed by atoms with Crippen molar-refractivity contribution < 1.29 is 9.59 Å². The van der Waals surface area contributed by atoms with Gasteiger partial charge in [-0.3, -0.25) is 9.59 Å². The summed E-state index contributed by atoms with van der Waals surface area (Å²) in [6.07, 6.45) is 4.85. The van der Waals surface area contributed by atoms with E-state index < -0.39 is 6.04 Å². The van der Waals surface area contributed by atoms with Gasteiger partial charge in [-0.1, -0.05) is 26.3 Å². The SMILES string of the molecule is CCC(C)[C@@H](N)C(=O)Nc1ccc2c(c1)N(C(=O)C1CC1)CCC2. The number of carbonyl (C=O) groups is 2. The van der Waals surface area contributed by atoms with E-state index in [0.717, 1.165) is 44.3 Å². The summed E-state index contributed by atoms with van der Waals surface area (Å²) in [5.41, 5.74) is 8.85. The first-order chi connectivity index (χ1) is 11.5. The molecule has 5 heteroatoms. The van der Waals surface area contributed by atoms with Gasteiger partial charge in [-0.05, 0) is 49.3 Å². The minimum atomic E-state index is -0.518. The lowest BCUT2D eigenvalue weighted by molar-refractivity contribution is -0.120. The first-order valence-electron chi connectivity index (χ1n) is 9.02. The molecule has 2 amide bonds. The van der Waals surface area contributed by atoms with Crippen LogP contribution in [0.15, 0.2) is 18.2 Å². The second-order valence-electron chi connectivity index (χ2n) is 7.11. The molecule has 1 aromatic carbocycles. The molecule has 1 fully saturated rings. The van der Waals surface area contributed by atoms with Crippen molar-refractivity contribution in [2.45, 2.75) is 52.0 Å². The normalized spacial score (nSPS) is 19.4. The average Bonchev–Trinajstić information content (AvgIpc) is 3.44. The molecule has 3 N–H and O–H groups in total. The third kappa shape index (κ3) is 3.46. The fourth-order valence-electron chi connectivity index (χ4n) is 3.17. The van der Waals surface area contributed by atoms with Gasteiger partial charge < -0.3 is 16.0 Å². The molecule has 0 aromatic heterocycles. The maximum atomic E-state index is 12.5. The van der Waals surface area contributed by atoms with Crippen LogP contribution in [0.25, 0.3) is 0 Å². The summed E-state index contributed by atoms with van der Waals surface area (Å²) in [6, 6.07) is 5.34. The maximum Gasteiger partial charge on any atom is 0.241 e. The predicted octanol–water partition coefficient (Wildman–Crippen LogP) is 2.69. The van der Waals surface area contributed by atoms with Gasteiger partial charge in [0.15, 0.2) is 0 Å². The minimum absolute atomic E-state index is 0.135. The van der Waals surface area contributed by atoms with Crippen molar-refractivity contribution in [2.24, 2.45) is 17.6 Å². The maximum absolute atomic E-state index is 12.5. The molecule has 5 nitrogen and oxygen atoms in total. The van der Waals surface area contributed by atoms with Gasteiger partial charge in [-0.2, -0.15) is 0 Å². The van der Waals surface area contributed by atoms with Crippen LogP contribution >= 0.6 is 0 Å². The zero-order chi connectivity index (χ0) is 17.3. The highest BCUT2D eigenvalue weighted by molar-refractivity contribution is 5.99. The van der Waals surface area contributed by atoms with Crippen LogP contribution in [0.2, 0.25) is 0 Å². The molecule has 1 saturated carbocycles. The molecular weight excluding hydrogens is 302 g/mol. The first kappa shape index (κ1) is 17.0. The number of fused-ring (bicyclic) bond motifs is 1. The summed E-state index contributed by atoms with van der Waals surface area (Å²) in [4.78, 5) is 26.7. The molecule has 1 aromatic rings. The van der Waals surface area contributed by atoms with E-state index in [1.807, 2.05) is 36.9 Å². The number of carbonyl (C=O) groups excluding carboxylic acids is 2. The van der Waals surface area contributed by atoms with E-state index in [9.17, 15) is 9.59 Å². The quantitative estimate of drug-likeness (QED) is 0.872. The number of amides is 2. The molecule has 3 rings (SSSR count). The number of nitrogens with one attached hydrogen (secondary N) is 1. The van der Waals surface area contributed by atoms with Gasteiger partial charge in [-0.15, -0.1) is 0 Å². The molecule has 1 aliphatic heterocycles. The van der Waals surface area contributed by atoms with Crippen molar-refractivity contribution in [3.8, 4) is 0 Å². The smallest absolute Gasteiger partial charge is 0.241 e. The molecule has 130 valence electrons. The van der Waals surface area contributed by atoms with Gasteiger partial charge in [0.25, 0.3) is 0 Å². The van der Waals surface area contributed by atoms with Crippen LogP contribution in [0.1, 0.15) is 45.1 Å². The van der Waals surface area contributed by atoms with E-state index in [0.29, 0.717) is 5.69 Å². The molecule has 2 aliphatic rings. The Hall–Kier alpha value is -1.88. The Morgan fingerprint density at radius 1 is 1.38 bits per heavy atom. The van der Waals surface area contributed by atoms with E-state index >= 15 is 0 Å². The molecule has 1 aliphatic carbocycles. The lowest BCUT2D eigenvalue weighted by Crippen LogP contribution is -2.40. The Morgan fingerprint density at radius 3 is 2.79 bits per heavy atom. The fourth-order valence-corrected chi connectivity index (χ4v) is 3.17. The highest BCUT2D eigenvalue weighted by Crippen LogP contribution is 2.36. The highest BCUT2D eigenvalue weighted by Gasteiger charge is 2.35. The topological polar surface area (TPSA) is 75.4 Å². The molecule has 0 bridgehead atoms. The van der Waals surface area contributed by atoms with Crippen LogP contribution in [0, 0.1) is 11.8 Å². The highest BCUT2D eigenvalue weighted by atomic mass is 16.2. The third-order valence-corrected chi connectivity index (χ3v) is 5.22. The van der Waals surface area contributed by atoms with Crippen molar-refractivity contribution in [3.63, 3.8) is 0 Å². The van der Waals surface area contributed by atoms with Crippen molar-refractivity contribution in [1.29, 1.82) is 0 Å². The number of rotatable bonds is 5. The Bertz CT molecular complexity index is 639. The third-order valence-electron chi connectivity index (χ3n) is 5.22. The van der Waals surface area contributed by atoms with Crippen molar-refractivity contribution in [1.82, 2.24) is 0 Å². The second kappa shape index (κ2) is 6.93. The number of hydrogen-bond donors (Lipinski definition) is 2. The molecule has 1 heterocycles. The summed E-state index contributed by atoms with van der Waals surface area (Å²) in [6.45, 7) is 4.78. The summed E-state index contributed by atoms with van der Waals surface area (Å²) in [5.74, 6) is 0.402. The van der Waals surface area contributed by atoms with E-state index in [2.05, 4.69) is 5.32 Å². The molecular formula is C19H27N3O2. The number of anilines is 2. The van der Waals surface area contributed by atoms with Gasteiger partial charge >= 0.3 is 0 Å². The second-order valence-corrected chi connectivity index (χ2v) is 7.11. The van der Waals surface area contributed by atoms with Crippen molar-refractivity contribution in [2.75, 3.05) is 16.8 Å². The Balaban J connectivity index is 1.78. The van der Waals surface area contributed by atoms with Crippen LogP contribution < -0.4 is 16.0 Å². The number of benzene rings is 1. The fraction of sp³-hybridized carbons (Fsp3) is 0.579. The summed E-state index contributed by atoms with van der Waals surface area (Å²) in [5, 5.41) is 2.91. The largest absolute Gasteiger partial charge is 0.325 e. The van der Waals surface area contributed by atoms with Gasteiger partial charge in [0.2, 0.25) is 11.8 Å². The number of nitrogens with zero attached hydrogens (tertiary/aromatic N) is 1.